The van der Waals surface area contributed by atoms with E-state index in [1.807, 2.05) is 0 Å². The zero-order valence-corrected chi connectivity index (χ0v) is 14.6. The van der Waals surface area contributed by atoms with Crippen LogP contribution in [0, 0.1) is 12.8 Å². The standard InChI is InChI=1S/C20H22BrN/c1-14-9-17(21)11-19-18(14)10-16-7-8-22(13-20(16)19)12-15-5-3-2-4-6-15/h2-6,9,11,16,20H,7-8,10,12-13H2,1H3/t16-,20-/m0/s1. The van der Waals surface area contributed by atoms with Gasteiger partial charge >= 0.3 is 0 Å². The Kier molecular flexibility index (Phi) is 3.83. The molecule has 0 spiro atoms. The number of nitrogens with zero attached hydrogens (tertiary/aromatic N) is 1. The van der Waals surface area contributed by atoms with E-state index in [4.69, 9.17) is 0 Å². The third-order valence-electron chi connectivity index (χ3n) is 5.43. The Morgan fingerprint density at radius 2 is 2.00 bits per heavy atom. The van der Waals surface area contributed by atoms with E-state index < -0.39 is 0 Å². The molecule has 1 aliphatic carbocycles. The molecule has 1 nitrogen and oxygen atoms in total. The summed E-state index contributed by atoms with van der Waals surface area (Å²) in [5, 5.41) is 0. The third-order valence-corrected chi connectivity index (χ3v) is 5.88. The van der Waals surface area contributed by atoms with Crippen molar-refractivity contribution in [1.29, 1.82) is 0 Å². The third kappa shape index (κ3) is 2.63. The fourth-order valence-electron chi connectivity index (χ4n) is 4.32. The predicted octanol–water partition coefficient (Wildman–Crippen LogP) is 4.92. The van der Waals surface area contributed by atoms with Gasteiger partial charge in [0.15, 0.2) is 0 Å². The normalized spacial score (nSPS) is 24.1. The molecule has 0 N–H and O–H groups in total. The van der Waals surface area contributed by atoms with Crippen molar-refractivity contribution in [1.82, 2.24) is 4.90 Å². The molecule has 4 rings (SSSR count). The van der Waals surface area contributed by atoms with Gasteiger partial charge in [-0.25, -0.2) is 0 Å². The van der Waals surface area contributed by atoms with Gasteiger partial charge < -0.3 is 0 Å². The lowest BCUT2D eigenvalue weighted by Gasteiger charge is -2.35. The van der Waals surface area contributed by atoms with Gasteiger partial charge in [0.2, 0.25) is 0 Å². The van der Waals surface area contributed by atoms with E-state index in [2.05, 4.69) is 70.2 Å². The Labute approximate surface area is 141 Å². The smallest absolute Gasteiger partial charge is 0.0233 e. The van der Waals surface area contributed by atoms with Crippen LogP contribution >= 0.6 is 15.9 Å². The van der Waals surface area contributed by atoms with Crippen molar-refractivity contribution in [3.05, 3.63) is 69.2 Å². The molecule has 22 heavy (non-hydrogen) atoms. The number of rotatable bonds is 2. The van der Waals surface area contributed by atoms with Crippen LogP contribution in [0.15, 0.2) is 46.9 Å². The summed E-state index contributed by atoms with van der Waals surface area (Å²) < 4.78 is 1.24. The zero-order chi connectivity index (χ0) is 15.1. The van der Waals surface area contributed by atoms with Crippen LogP contribution in [0.5, 0.6) is 0 Å². The average Bonchev–Trinajstić information content (AvgIpc) is 2.87. The van der Waals surface area contributed by atoms with Crippen LogP contribution in [0.2, 0.25) is 0 Å². The monoisotopic (exact) mass is 355 g/mol. The Morgan fingerprint density at radius 3 is 2.82 bits per heavy atom. The molecule has 1 aliphatic heterocycles. The van der Waals surface area contributed by atoms with Gasteiger partial charge in [-0.3, -0.25) is 4.90 Å². The fourth-order valence-corrected chi connectivity index (χ4v) is 4.91. The first kappa shape index (κ1) is 14.5. The molecule has 0 amide bonds. The highest BCUT2D eigenvalue weighted by atomic mass is 79.9. The molecule has 2 aliphatic rings. The summed E-state index contributed by atoms with van der Waals surface area (Å²) in [5.41, 5.74) is 6.13. The maximum absolute atomic E-state index is 3.69. The van der Waals surface area contributed by atoms with Crippen LogP contribution in [0.25, 0.3) is 0 Å². The molecule has 1 fully saturated rings. The number of likely N-dealkylation sites (tertiary alicyclic amines) is 1. The Balaban J connectivity index is 1.56. The quantitative estimate of drug-likeness (QED) is 0.738. The largest absolute Gasteiger partial charge is 0.298 e. The van der Waals surface area contributed by atoms with Gasteiger partial charge in [-0.2, -0.15) is 0 Å². The molecule has 0 radical (unpaired) electrons. The Bertz CT molecular complexity index is 680. The first-order chi connectivity index (χ1) is 10.7. The molecule has 2 aromatic rings. The number of fused-ring (bicyclic) bond motifs is 3. The molecule has 2 atom stereocenters. The second-order valence-electron chi connectivity index (χ2n) is 6.87. The van der Waals surface area contributed by atoms with E-state index >= 15 is 0 Å². The van der Waals surface area contributed by atoms with E-state index in [9.17, 15) is 0 Å². The van der Waals surface area contributed by atoms with Crippen LogP contribution in [0.3, 0.4) is 0 Å². The van der Waals surface area contributed by atoms with Gasteiger partial charge in [0.1, 0.15) is 0 Å². The van der Waals surface area contributed by atoms with E-state index in [0.717, 1.165) is 18.4 Å². The molecule has 1 saturated heterocycles. The highest BCUT2D eigenvalue weighted by Crippen LogP contribution is 2.45. The molecular formula is C20H22BrN. The van der Waals surface area contributed by atoms with E-state index in [0.29, 0.717) is 0 Å². The van der Waals surface area contributed by atoms with Crippen molar-refractivity contribution < 1.29 is 0 Å². The number of hydrogen-bond donors (Lipinski definition) is 0. The van der Waals surface area contributed by atoms with Crippen molar-refractivity contribution in [2.75, 3.05) is 13.1 Å². The van der Waals surface area contributed by atoms with Gasteiger partial charge in [0.05, 0.1) is 0 Å². The molecule has 0 unspecified atom stereocenters. The van der Waals surface area contributed by atoms with Gasteiger partial charge in [0, 0.05) is 23.5 Å². The van der Waals surface area contributed by atoms with Crippen LogP contribution < -0.4 is 0 Å². The Morgan fingerprint density at radius 1 is 1.18 bits per heavy atom. The topological polar surface area (TPSA) is 3.24 Å². The highest BCUT2D eigenvalue weighted by molar-refractivity contribution is 9.10. The number of benzene rings is 2. The van der Waals surface area contributed by atoms with E-state index in [-0.39, 0.29) is 0 Å². The summed E-state index contributed by atoms with van der Waals surface area (Å²) in [4.78, 5) is 2.64. The lowest BCUT2D eigenvalue weighted by atomic mass is 9.86. The van der Waals surface area contributed by atoms with Crippen molar-refractivity contribution in [3.8, 4) is 0 Å². The van der Waals surface area contributed by atoms with Gasteiger partial charge in [-0.05, 0) is 66.6 Å². The predicted molar refractivity (Wildman–Crippen MR) is 95.2 cm³/mol. The minimum absolute atomic E-state index is 0.726. The van der Waals surface area contributed by atoms with E-state index in [1.54, 1.807) is 11.1 Å². The summed E-state index contributed by atoms with van der Waals surface area (Å²) in [5.74, 6) is 1.58. The molecular weight excluding hydrogens is 334 g/mol. The highest BCUT2D eigenvalue weighted by Gasteiger charge is 2.37. The molecule has 0 saturated carbocycles. The van der Waals surface area contributed by atoms with Crippen molar-refractivity contribution >= 4 is 15.9 Å². The number of hydrogen-bond acceptors (Lipinski definition) is 1. The van der Waals surface area contributed by atoms with Crippen LogP contribution in [0.4, 0.5) is 0 Å². The summed E-state index contributed by atoms with van der Waals surface area (Å²) in [6.07, 6.45) is 2.63. The second kappa shape index (κ2) is 5.82. The minimum Gasteiger partial charge on any atom is -0.298 e. The molecule has 114 valence electrons. The van der Waals surface area contributed by atoms with Gasteiger partial charge in [0.25, 0.3) is 0 Å². The van der Waals surface area contributed by atoms with Crippen LogP contribution in [-0.2, 0) is 13.0 Å². The number of piperidine rings is 1. The second-order valence-corrected chi connectivity index (χ2v) is 7.79. The first-order valence-electron chi connectivity index (χ1n) is 8.26. The summed E-state index contributed by atoms with van der Waals surface area (Å²) >= 11 is 3.69. The molecule has 2 aromatic carbocycles. The van der Waals surface area contributed by atoms with Crippen molar-refractivity contribution in [3.63, 3.8) is 0 Å². The maximum atomic E-state index is 3.69. The Hall–Kier alpha value is -1.12. The molecule has 0 aromatic heterocycles. The van der Waals surface area contributed by atoms with Crippen molar-refractivity contribution in [2.45, 2.75) is 32.2 Å². The number of aryl methyl sites for hydroxylation is 1. The molecule has 0 bridgehead atoms. The lowest BCUT2D eigenvalue weighted by molar-refractivity contribution is 0.161. The lowest BCUT2D eigenvalue weighted by Crippen LogP contribution is -2.37. The first-order valence-corrected chi connectivity index (χ1v) is 9.05. The van der Waals surface area contributed by atoms with Gasteiger partial charge in [-0.15, -0.1) is 0 Å². The maximum Gasteiger partial charge on any atom is 0.0233 e. The molecule has 2 heteroatoms. The summed E-state index contributed by atoms with van der Waals surface area (Å²) in [6, 6.07) is 15.5. The summed E-state index contributed by atoms with van der Waals surface area (Å²) in [7, 11) is 0. The number of halogens is 1. The summed E-state index contributed by atoms with van der Waals surface area (Å²) in [6.45, 7) is 5.81. The van der Waals surface area contributed by atoms with Crippen LogP contribution in [0.1, 0.15) is 34.6 Å². The average molecular weight is 356 g/mol. The van der Waals surface area contributed by atoms with Gasteiger partial charge in [-0.1, -0.05) is 46.3 Å². The van der Waals surface area contributed by atoms with Crippen LogP contribution in [-0.4, -0.2) is 18.0 Å². The SMILES string of the molecule is Cc1cc(Br)cc2c1C[C@@H]1CCN(Cc3ccccc3)C[C@H]21. The fraction of sp³-hybridized carbons (Fsp3) is 0.400. The zero-order valence-electron chi connectivity index (χ0n) is 13.1. The molecule has 1 heterocycles. The minimum atomic E-state index is 0.726. The van der Waals surface area contributed by atoms with Crippen molar-refractivity contribution in [2.24, 2.45) is 5.92 Å². The van der Waals surface area contributed by atoms with E-state index in [1.165, 1.54) is 41.5 Å².